The van der Waals surface area contributed by atoms with E-state index in [1.165, 1.54) is 11.3 Å². The van der Waals surface area contributed by atoms with E-state index in [1.54, 1.807) is 12.4 Å². The van der Waals surface area contributed by atoms with Crippen molar-refractivity contribution < 1.29 is 10.2 Å². The first-order chi connectivity index (χ1) is 10.3. The topological polar surface area (TPSA) is 66.2 Å². The lowest BCUT2D eigenvalue weighted by molar-refractivity contribution is 0.173. The molecule has 0 amide bonds. The van der Waals surface area contributed by atoms with Gasteiger partial charge in [0.15, 0.2) is 0 Å². The molecule has 21 heavy (non-hydrogen) atoms. The minimum absolute atomic E-state index is 0.546. The summed E-state index contributed by atoms with van der Waals surface area (Å²) >= 11 is 1.40. The maximum Gasteiger partial charge on any atom is 0.125 e. The molecule has 0 aliphatic heterocycles. The van der Waals surface area contributed by atoms with Crippen molar-refractivity contribution in [1.82, 2.24) is 9.97 Å². The molecule has 0 saturated heterocycles. The summed E-state index contributed by atoms with van der Waals surface area (Å²) in [5.41, 5.74) is 2.91. The number of benzene rings is 1. The Morgan fingerprint density at radius 1 is 0.952 bits per heavy atom. The summed E-state index contributed by atoms with van der Waals surface area (Å²) in [4.78, 5) is 9.31. The molecule has 1 aliphatic carbocycles. The number of fused-ring (bicyclic) bond motifs is 2. The van der Waals surface area contributed by atoms with Crippen molar-refractivity contribution in [2.75, 3.05) is 0 Å². The van der Waals surface area contributed by atoms with Gasteiger partial charge in [0.25, 0.3) is 0 Å². The highest BCUT2D eigenvalue weighted by Crippen LogP contribution is 2.44. The zero-order valence-electron chi connectivity index (χ0n) is 11.0. The normalized spacial score (nSPS) is 19.9. The van der Waals surface area contributed by atoms with E-state index in [4.69, 9.17) is 0 Å². The second-order valence-corrected chi connectivity index (χ2v) is 5.97. The number of thiazole rings is 1. The molecule has 4 rings (SSSR count). The Kier molecular flexibility index (Phi) is 2.85. The summed E-state index contributed by atoms with van der Waals surface area (Å²) in [7, 11) is 0. The summed E-state index contributed by atoms with van der Waals surface area (Å²) in [6.45, 7) is 0. The van der Waals surface area contributed by atoms with Crippen LogP contribution in [0.15, 0.2) is 48.8 Å². The second kappa shape index (κ2) is 4.73. The number of aliphatic hydroxyl groups excluding tert-OH is 2. The molecule has 2 heterocycles. The van der Waals surface area contributed by atoms with Crippen molar-refractivity contribution in [2.24, 2.45) is 0 Å². The molecule has 2 N–H and O–H groups in total. The Bertz CT molecular complexity index is 755. The second-order valence-electron chi connectivity index (χ2n) is 4.94. The van der Waals surface area contributed by atoms with Crippen molar-refractivity contribution in [2.45, 2.75) is 12.2 Å². The molecule has 1 aromatic carbocycles. The lowest BCUT2D eigenvalue weighted by atomic mass is 9.89. The van der Waals surface area contributed by atoms with Crippen LogP contribution < -0.4 is 0 Å². The van der Waals surface area contributed by atoms with Gasteiger partial charge < -0.3 is 10.2 Å². The van der Waals surface area contributed by atoms with Gasteiger partial charge in [0.2, 0.25) is 0 Å². The molecule has 2 aromatic heterocycles. The third-order valence-electron chi connectivity index (χ3n) is 3.68. The smallest absolute Gasteiger partial charge is 0.125 e. The van der Waals surface area contributed by atoms with Gasteiger partial charge >= 0.3 is 0 Å². The van der Waals surface area contributed by atoms with E-state index < -0.39 is 12.2 Å². The molecule has 0 spiro atoms. The number of aromatic nitrogens is 2. The van der Waals surface area contributed by atoms with Crippen LogP contribution in [0.2, 0.25) is 0 Å². The first kappa shape index (κ1) is 12.6. The predicted molar refractivity (Wildman–Crippen MR) is 79.9 cm³/mol. The van der Waals surface area contributed by atoms with Crippen molar-refractivity contribution >= 4 is 11.3 Å². The van der Waals surface area contributed by atoms with E-state index in [1.807, 2.05) is 36.4 Å². The summed E-state index contributed by atoms with van der Waals surface area (Å²) in [6.07, 6.45) is 1.91. The molecule has 1 aliphatic rings. The van der Waals surface area contributed by atoms with Gasteiger partial charge in [0.1, 0.15) is 17.2 Å². The first-order valence-electron chi connectivity index (χ1n) is 6.61. The van der Waals surface area contributed by atoms with E-state index in [0.717, 1.165) is 21.7 Å². The van der Waals surface area contributed by atoms with Crippen LogP contribution in [-0.4, -0.2) is 20.2 Å². The minimum Gasteiger partial charge on any atom is -0.383 e. The number of nitrogens with zero attached hydrogens (tertiary/aromatic N) is 2. The van der Waals surface area contributed by atoms with Crippen LogP contribution in [0.25, 0.3) is 10.6 Å². The minimum atomic E-state index is -0.790. The average Bonchev–Trinajstić information content (AvgIpc) is 2.99. The van der Waals surface area contributed by atoms with Crippen LogP contribution in [0, 0.1) is 0 Å². The Morgan fingerprint density at radius 3 is 2.43 bits per heavy atom. The monoisotopic (exact) mass is 296 g/mol. The van der Waals surface area contributed by atoms with Crippen LogP contribution >= 0.6 is 11.3 Å². The summed E-state index contributed by atoms with van der Waals surface area (Å²) < 4.78 is 0. The zero-order valence-corrected chi connectivity index (χ0v) is 11.8. The van der Waals surface area contributed by atoms with Crippen molar-refractivity contribution in [3.63, 3.8) is 0 Å². The summed E-state index contributed by atoms with van der Waals surface area (Å²) in [6, 6.07) is 11.2. The van der Waals surface area contributed by atoms with Crippen molar-refractivity contribution in [3.05, 3.63) is 70.5 Å². The number of hydrogen-bond acceptors (Lipinski definition) is 5. The van der Waals surface area contributed by atoms with Gasteiger partial charge in [-0.2, -0.15) is 0 Å². The summed E-state index contributed by atoms with van der Waals surface area (Å²) in [5, 5.41) is 21.8. The van der Waals surface area contributed by atoms with E-state index in [2.05, 4.69) is 9.97 Å². The lowest BCUT2D eigenvalue weighted by Gasteiger charge is -2.24. The average molecular weight is 296 g/mol. The number of pyridine rings is 1. The highest BCUT2D eigenvalue weighted by Gasteiger charge is 2.33. The third-order valence-corrected chi connectivity index (χ3v) is 4.85. The first-order valence-corrected chi connectivity index (χ1v) is 7.43. The molecule has 0 saturated carbocycles. The SMILES string of the molecule is OC1c2ccccc2C(O)c2sc(-c3cccnc3)nc21. The van der Waals surface area contributed by atoms with Crippen LogP contribution in [0.1, 0.15) is 33.9 Å². The summed E-state index contributed by atoms with van der Waals surface area (Å²) in [5.74, 6) is 0. The molecule has 5 heteroatoms. The van der Waals surface area contributed by atoms with E-state index in [-0.39, 0.29) is 0 Å². The fourth-order valence-electron chi connectivity index (χ4n) is 2.65. The fourth-order valence-corrected chi connectivity index (χ4v) is 3.74. The maximum absolute atomic E-state index is 10.5. The molecule has 3 aromatic rings. The number of rotatable bonds is 1. The molecular weight excluding hydrogens is 284 g/mol. The number of hydrogen-bond donors (Lipinski definition) is 2. The van der Waals surface area contributed by atoms with Crippen LogP contribution in [0.4, 0.5) is 0 Å². The van der Waals surface area contributed by atoms with Crippen LogP contribution in [-0.2, 0) is 0 Å². The molecular formula is C16H12N2O2S. The molecule has 2 atom stereocenters. The third kappa shape index (κ3) is 1.90. The molecule has 0 bridgehead atoms. The van der Waals surface area contributed by atoms with Gasteiger partial charge in [-0.1, -0.05) is 24.3 Å². The fraction of sp³-hybridized carbons (Fsp3) is 0.125. The van der Waals surface area contributed by atoms with Gasteiger partial charge in [-0.25, -0.2) is 4.98 Å². The molecule has 0 fully saturated rings. The highest BCUT2D eigenvalue weighted by atomic mass is 32.1. The molecule has 104 valence electrons. The quantitative estimate of drug-likeness (QED) is 0.724. The molecule has 2 unspecified atom stereocenters. The predicted octanol–water partition coefficient (Wildman–Crippen LogP) is 2.68. The number of aliphatic hydroxyl groups is 2. The van der Waals surface area contributed by atoms with Crippen molar-refractivity contribution in [3.8, 4) is 10.6 Å². The molecule has 0 radical (unpaired) electrons. The standard InChI is InChI=1S/C16H12N2O2S/c19-13-10-5-1-2-6-11(10)14(20)15-12(13)18-16(21-15)9-4-3-7-17-8-9/h1-8,13-14,19-20H. The van der Waals surface area contributed by atoms with Gasteiger partial charge in [0, 0.05) is 18.0 Å². The van der Waals surface area contributed by atoms with E-state index >= 15 is 0 Å². The maximum atomic E-state index is 10.5. The van der Waals surface area contributed by atoms with Gasteiger partial charge in [-0.05, 0) is 23.3 Å². The van der Waals surface area contributed by atoms with Crippen molar-refractivity contribution in [1.29, 1.82) is 0 Å². The Morgan fingerprint density at radius 2 is 1.71 bits per heavy atom. The van der Waals surface area contributed by atoms with Gasteiger partial charge in [-0.3, -0.25) is 4.98 Å². The Balaban J connectivity index is 1.87. The zero-order chi connectivity index (χ0) is 14.4. The van der Waals surface area contributed by atoms with Gasteiger partial charge in [0.05, 0.1) is 10.6 Å². The van der Waals surface area contributed by atoms with E-state index in [9.17, 15) is 10.2 Å². The Hall–Kier alpha value is -2.08. The van der Waals surface area contributed by atoms with Crippen LogP contribution in [0.5, 0.6) is 0 Å². The van der Waals surface area contributed by atoms with Crippen LogP contribution in [0.3, 0.4) is 0 Å². The highest BCUT2D eigenvalue weighted by molar-refractivity contribution is 7.15. The molecule has 4 nitrogen and oxygen atoms in total. The lowest BCUT2D eigenvalue weighted by Crippen LogP contribution is -2.16. The van der Waals surface area contributed by atoms with Gasteiger partial charge in [-0.15, -0.1) is 11.3 Å². The van der Waals surface area contributed by atoms with E-state index in [0.29, 0.717) is 10.6 Å². The largest absolute Gasteiger partial charge is 0.383 e. The Labute approximate surface area is 125 Å².